The van der Waals surface area contributed by atoms with Gasteiger partial charge in [-0.3, -0.25) is 0 Å². The molecule has 2 aromatic heterocycles. The fourth-order valence-electron chi connectivity index (χ4n) is 3.29. The minimum atomic E-state index is 0.338. The lowest BCUT2D eigenvalue weighted by Gasteiger charge is -2.14. The summed E-state index contributed by atoms with van der Waals surface area (Å²) in [5, 5.41) is 10.5. The first kappa shape index (κ1) is 13.3. The smallest absolute Gasteiger partial charge is 0.165 e. The molecule has 0 atom stereocenters. The van der Waals surface area contributed by atoms with Crippen LogP contribution in [0.5, 0.6) is 0 Å². The molecule has 1 aliphatic rings. The maximum absolute atomic E-state index is 9.36. The maximum Gasteiger partial charge on any atom is 0.165 e. The van der Waals surface area contributed by atoms with Crippen molar-refractivity contribution in [2.75, 3.05) is 5.73 Å². The molecule has 22 heavy (non-hydrogen) atoms. The van der Waals surface area contributed by atoms with Gasteiger partial charge in [-0.05, 0) is 36.8 Å². The van der Waals surface area contributed by atoms with Crippen LogP contribution in [0.25, 0.3) is 21.3 Å². The SMILES string of the molecule is N#Cc1nc2sc3c(c2c(-c2ccccc2)c1N)CCCC3. The average molecular weight is 305 g/mol. The van der Waals surface area contributed by atoms with E-state index in [1.165, 1.54) is 28.7 Å². The van der Waals surface area contributed by atoms with Gasteiger partial charge in [0, 0.05) is 15.8 Å². The monoisotopic (exact) mass is 305 g/mol. The molecular formula is C18H15N3S. The van der Waals surface area contributed by atoms with Gasteiger partial charge in [-0.25, -0.2) is 4.98 Å². The number of fused-ring (bicyclic) bond motifs is 3. The molecular weight excluding hydrogens is 290 g/mol. The van der Waals surface area contributed by atoms with Crippen molar-refractivity contribution in [2.24, 2.45) is 0 Å². The van der Waals surface area contributed by atoms with E-state index in [1.54, 1.807) is 11.3 Å². The predicted molar refractivity (Wildman–Crippen MR) is 90.8 cm³/mol. The summed E-state index contributed by atoms with van der Waals surface area (Å²) in [5.41, 5.74) is 10.6. The van der Waals surface area contributed by atoms with Crippen molar-refractivity contribution < 1.29 is 0 Å². The van der Waals surface area contributed by atoms with E-state index < -0.39 is 0 Å². The predicted octanol–water partition coefficient (Wildman–Crippen LogP) is 4.30. The lowest BCUT2D eigenvalue weighted by molar-refractivity contribution is 0.700. The maximum atomic E-state index is 9.36. The van der Waals surface area contributed by atoms with Crippen LogP contribution in [-0.2, 0) is 12.8 Å². The summed E-state index contributed by atoms with van der Waals surface area (Å²) in [5.74, 6) is 0. The lowest BCUT2D eigenvalue weighted by atomic mass is 9.92. The van der Waals surface area contributed by atoms with Gasteiger partial charge in [-0.15, -0.1) is 11.3 Å². The summed E-state index contributed by atoms with van der Waals surface area (Å²) in [6, 6.07) is 12.3. The molecule has 3 nitrogen and oxygen atoms in total. The van der Waals surface area contributed by atoms with E-state index in [0.717, 1.165) is 28.8 Å². The second-order valence-corrected chi connectivity index (χ2v) is 6.70. The third-order valence-electron chi connectivity index (χ3n) is 4.31. The molecule has 0 radical (unpaired) electrons. The van der Waals surface area contributed by atoms with Crippen LogP contribution in [0.2, 0.25) is 0 Å². The fraction of sp³-hybridized carbons (Fsp3) is 0.222. The van der Waals surface area contributed by atoms with Crippen LogP contribution in [0.1, 0.15) is 29.0 Å². The first-order valence-corrected chi connectivity index (χ1v) is 8.30. The number of thiophene rings is 1. The second-order valence-electron chi connectivity index (χ2n) is 5.62. The first-order chi connectivity index (χ1) is 10.8. The van der Waals surface area contributed by atoms with E-state index in [-0.39, 0.29) is 0 Å². The fourth-order valence-corrected chi connectivity index (χ4v) is 4.56. The zero-order valence-electron chi connectivity index (χ0n) is 12.1. The lowest BCUT2D eigenvalue weighted by Crippen LogP contribution is -2.01. The summed E-state index contributed by atoms with van der Waals surface area (Å²) in [7, 11) is 0. The zero-order chi connectivity index (χ0) is 15.1. The number of nitrogens with two attached hydrogens (primary N) is 1. The van der Waals surface area contributed by atoms with Gasteiger partial charge in [0.15, 0.2) is 5.69 Å². The van der Waals surface area contributed by atoms with E-state index in [2.05, 4.69) is 23.2 Å². The third kappa shape index (κ3) is 1.90. The summed E-state index contributed by atoms with van der Waals surface area (Å²) in [4.78, 5) is 6.89. The van der Waals surface area contributed by atoms with Crippen LogP contribution >= 0.6 is 11.3 Å². The van der Waals surface area contributed by atoms with Crippen molar-refractivity contribution >= 4 is 27.2 Å². The normalized spacial score (nSPS) is 13.8. The van der Waals surface area contributed by atoms with Crippen LogP contribution in [0.3, 0.4) is 0 Å². The molecule has 1 aliphatic carbocycles. The highest BCUT2D eigenvalue weighted by Gasteiger charge is 2.23. The number of aromatic nitrogens is 1. The van der Waals surface area contributed by atoms with Crippen molar-refractivity contribution in [3.63, 3.8) is 0 Å². The number of pyridine rings is 1. The van der Waals surface area contributed by atoms with E-state index in [9.17, 15) is 5.26 Å². The van der Waals surface area contributed by atoms with Gasteiger partial charge in [0.2, 0.25) is 0 Å². The molecule has 0 amide bonds. The zero-order valence-corrected chi connectivity index (χ0v) is 12.9. The number of rotatable bonds is 1. The number of hydrogen-bond donors (Lipinski definition) is 1. The van der Waals surface area contributed by atoms with E-state index in [1.807, 2.05) is 18.2 Å². The molecule has 2 N–H and O–H groups in total. The molecule has 0 unspecified atom stereocenters. The summed E-state index contributed by atoms with van der Waals surface area (Å²) in [6.45, 7) is 0. The van der Waals surface area contributed by atoms with Gasteiger partial charge >= 0.3 is 0 Å². The van der Waals surface area contributed by atoms with Crippen LogP contribution in [0, 0.1) is 11.3 Å². The van der Waals surface area contributed by atoms with Crippen LogP contribution in [-0.4, -0.2) is 4.98 Å². The minimum absolute atomic E-state index is 0.338. The Bertz CT molecular complexity index is 904. The molecule has 2 heterocycles. The van der Waals surface area contributed by atoms with Crippen LogP contribution in [0.4, 0.5) is 5.69 Å². The average Bonchev–Trinajstić information content (AvgIpc) is 2.93. The summed E-state index contributed by atoms with van der Waals surface area (Å²) in [6.07, 6.45) is 4.66. The number of nitriles is 1. The molecule has 0 aliphatic heterocycles. The first-order valence-electron chi connectivity index (χ1n) is 7.49. The third-order valence-corrected chi connectivity index (χ3v) is 5.49. The van der Waals surface area contributed by atoms with Crippen molar-refractivity contribution in [1.82, 2.24) is 4.98 Å². The Morgan fingerprint density at radius 2 is 1.91 bits per heavy atom. The van der Waals surface area contributed by atoms with Crippen molar-refractivity contribution in [1.29, 1.82) is 5.26 Å². The molecule has 0 spiro atoms. The number of nitrogens with zero attached hydrogens (tertiary/aromatic N) is 2. The number of aryl methyl sites for hydroxylation is 2. The second kappa shape index (κ2) is 5.11. The molecule has 3 aromatic rings. The Morgan fingerprint density at radius 3 is 2.68 bits per heavy atom. The van der Waals surface area contributed by atoms with Gasteiger partial charge in [-0.2, -0.15) is 5.26 Å². The number of nitrogen functional groups attached to an aromatic ring is 1. The van der Waals surface area contributed by atoms with Gasteiger partial charge in [0.05, 0.1) is 5.69 Å². The Balaban J connectivity index is 2.14. The Hall–Kier alpha value is -2.38. The highest BCUT2D eigenvalue weighted by atomic mass is 32.1. The van der Waals surface area contributed by atoms with Crippen LogP contribution in [0.15, 0.2) is 30.3 Å². The van der Waals surface area contributed by atoms with Crippen molar-refractivity contribution in [3.8, 4) is 17.2 Å². The standard InChI is InChI=1S/C18H15N3S/c19-10-13-17(20)15(11-6-2-1-3-7-11)16-12-8-4-5-9-14(12)22-18(16)21-13/h1-3,6-7H,4-5,8-9,20H2. The van der Waals surface area contributed by atoms with E-state index in [4.69, 9.17) is 5.73 Å². The quantitative estimate of drug-likeness (QED) is 0.729. The number of hydrogen-bond acceptors (Lipinski definition) is 4. The van der Waals surface area contributed by atoms with E-state index >= 15 is 0 Å². The molecule has 1 aromatic carbocycles. The van der Waals surface area contributed by atoms with Gasteiger partial charge < -0.3 is 5.73 Å². The van der Waals surface area contributed by atoms with Gasteiger partial charge in [0.1, 0.15) is 10.9 Å². The molecule has 4 heteroatoms. The van der Waals surface area contributed by atoms with Gasteiger partial charge in [-0.1, -0.05) is 30.3 Å². The Morgan fingerprint density at radius 1 is 1.14 bits per heavy atom. The summed E-state index contributed by atoms with van der Waals surface area (Å²) < 4.78 is 0. The highest BCUT2D eigenvalue weighted by molar-refractivity contribution is 7.19. The Labute approximate surface area is 133 Å². The molecule has 0 saturated carbocycles. The topological polar surface area (TPSA) is 62.7 Å². The highest BCUT2D eigenvalue weighted by Crippen LogP contribution is 2.43. The number of anilines is 1. The summed E-state index contributed by atoms with van der Waals surface area (Å²) >= 11 is 1.73. The van der Waals surface area contributed by atoms with Crippen molar-refractivity contribution in [2.45, 2.75) is 25.7 Å². The minimum Gasteiger partial charge on any atom is -0.396 e. The molecule has 4 rings (SSSR count). The molecule has 0 fully saturated rings. The largest absolute Gasteiger partial charge is 0.396 e. The molecule has 0 saturated heterocycles. The Kier molecular flexibility index (Phi) is 3.09. The van der Waals surface area contributed by atoms with E-state index in [0.29, 0.717) is 11.4 Å². The molecule has 0 bridgehead atoms. The number of benzene rings is 1. The molecule has 108 valence electrons. The van der Waals surface area contributed by atoms with Gasteiger partial charge in [0.25, 0.3) is 0 Å². The van der Waals surface area contributed by atoms with Crippen molar-refractivity contribution in [3.05, 3.63) is 46.5 Å². The van der Waals surface area contributed by atoms with Crippen LogP contribution < -0.4 is 5.73 Å².